The summed E-state index contributed by atoms with van der Waals surface area (Å²) in [5.41, 5.74) is 5.47. The molecule has 5 heteroatoms. The molecule has 0 bridgehead atoms. The Kier molecular flexibility index (Phi) is 6.26. The van der Waals surface area contributed by atoms with Crippen molar-refractivity contribution >= 4 is 23.0 Å². The first kappa shape index (κ1) is 18.7. The summed E-state index contributed by atoms with van der Waals surface area (Å²) < 4.78 is 5.69. The normalized spacial score (nSPS) is 11.4. The van der Waals surface area contributed by atoms with Crippen LogP contribution in [-0.2, 0) is 11.2 Å². The van der Waals surface area contributed by atoms with Crippen molar-refractivity contribution in [2.45, 2.75) is 26.7 Å². The van der Waals surface area contributed by atoms with Crippen LogP contribution in [0.25, 0.3) is 10.9 Å². The molecule has 3 rings (SSSR count). The topological polar surface area (TPSA) is 66.5 Å². The molecule has 0 unspecified atom stereocenters. The SMILES string of the molecule is CC(C)CCOc1ccc(/C=N/NC(=O)Cc2c[nH]c3ccccc23)cc1. The zero-order chi connectivity index (χ0) is 19.1. The number of carbonyl (C=O) groups is 1. The predicted molar refractivity (Wildman–Crippen MR) is 109 cm³/mol. The van der Waals surface area contributed by atoms with Gasteiger partial charge in [-0.3, -0.25) is 4.79 Å². The lowest BCUT2D eigenvalue weighted by atomic mass is 10.1. The number of nitrogens with one attached hydrogen (secondary N) is 2. The lowest BCUT2D eigenvalue weighted by Crippen LogP contribution is -2.19. The fourth-order valence-electron chi connectivity index (χ4n) is 2.73. The van der Waals surface area contributed by atoms with E-state index in [0.717, 1.165) is 40.8 Å². The number of hydrazone groups is 1. The summed E-state index contributed by atoms with van der Waals surface area (Å²) in [6.45, 7) is 5.07. The Morgan fingerprint density at radius 3 is 2.74 bits per heavy atom. The third-order valence-electron chi connectivity index (χ3n) is 4.27. The molecule has 1 heterocycles. The molecule has 2 aromatic carbocycles. The molecule has 140 valence electrons. The number of hydrogen-bond donors (Lipinski definition) is 2. The van der Waals surface area contributed by atoms with Gasteiger partial charge in [0.05, 0.1) is 19.2 Å². The number of H-pyrrole nitrogens is 1. The van der Waals surface area contributed by atoms with E-state index in [-0.39, 0.29) is 12.3 Å². The average Bonchev–Trinajstić information content (AvgIpc) is 3.06. The Bertz CT molecular complexity index is 911. The van der Waals surface area contributed by atoms with E-state index >= 15 is 0 Å². The number of amides is 1. The van der Waals surface area contributed by atoms with Gasteiger partial charge in [0.2, 0.25) is 5.91 Å². The van der Waals surface area contributed by atoms with Crippen LogP contribution in [-0.4, -0.2) is 23.7 Å². The van der Waals surface area contributed by atoms with Gasteiger partial charge in [0, 0.05) is 17.1 Å². The summed E-state index contributed by atoms with van der Waals surface area (Å²) in [5.74, 6) is 1.32. The van der Waals surface area contributed by atoms with E-state index in [0.29, 0.717) is 5.92 Å². The summed E-state index contributed by atoms with van der Waals surface area (Å²) >= 11 is 0. The minimum absolute atomic E-state index is 0.148. The van der Waals surface area contributed by atoms with E-state index in [1.165, 1.54) is 0 Å². The van der Waals surface area contributed by atoms with Crippen molar-refractivity contribution in [1.29, 1.82) is 0 Å². The zero-order valence-electron chi connectivity index (χ0n) is 15.7. The van der Waals surface area contributed by atoms with Gasteiger partial charge in [0.25, 0.3) is 0 Å². The third kappa shape index (κ3) is 5.45. The van der Waals surface area contributed by atoms with E-state index in [1.807, 2.05) is 54.7 Å². The number of para-hydroxylation sites is 1. The number of aromatic amines is 1. The van der Waals surface area contributed by atoms with Crippen LogP contribution >= 0.6 is 0 Å². The van der Waals surface area contributed by atoms with Gasteiger partial charge >= 0.3 is 0 Å². The first-order valence-electron chi connectivity index (χ1n) is 9.21. The van der Waals surface area contributed by atoms with Crippen molar-refractivity contribution in [3.8, 4) is 5.75 Å². The minimum Gasteiger partial charge on any atom is -0.494 e. The van der Waals surface area contributed by atoms with Crippen LogP contribution in [0.15, 0.2) is 59.8 Å². The molecule has 0 atom stereocenters. The Morgan fingerprint density at radius 1 is 1.19 bits per heavy atom. The largest absolute Gasteiger partial charge is 0.494 e. The van der Waals surface area contributed by atoms with Crippen LogP contribution < -0.4 is 10.2 Å². The summed E-state index contributed by atoms with van der Waals surface area (Å²) in [4.78, 5) is 15.3. The maximum Gasteiger partial charge on any atom is 0.244 e. The maximum atomic E-state index is 12.1. The average molecular weight is 363 g/mol. The molecule has 0 saturated carbocycles. The van der Waals surface area contributed by atoms with Gasteiger partial charge in [-0.15, -0.1) is 0 Å². The third-order valence-corrected chi connectivity index (χ3v) is 4.27. The van der Waals surface area contributed by atoms with Gasteiger partial charge in [0.15, 0.2) is 0 Å². The highest BCUT2D eigenvalue weighted by atomic mass is 16.5. The number of ether oxygens (including phenoxy) is 1. The number of nitrogens with zero attached hydrogens (tertiary/aromatic N) is 1. The van der Waals surface area contributed by atoms with Crippen molar-refractivity contribution in [2.75, 3.05) is 6.61 Å². The molecule has 0 fully saturated rings. The molecule has 0 saturated heterocycles. The highest BCUT2D eigenvalue weighted by Gasteiger charge is 2.07. The standard InChI is InChI=1S/C22H25N3O2/c1-16(2)11-12-27-19-9-7-17(8-10-19)14-24-25-22(26)13-18-15-23-21-6-4-3-5-20(18)21/h3-10,14-16,23H,11-13H2,1-2H3,(H,25,26)/b24-14+. The fraction of sp³-hybridized carbons (Fsp3) is 0.273. The van der Waals surface area contributed by atoms with Gasteiger partial charge in [-0.05, 0) is 53.8 Å². The van der Waals surface area contributed by atoms with Crippen LogP contribution in [0.4, 0.5) is 0 Å². The van der Waals surface area contributed by atoms with Crippen molar-refractivity contribution in [1.82, 2.24) is 10.4 Å². The molecule has 2 N–H and O–H groups in total. The summed E-state index contributed by atoms with van der Waals surface area (Å²) in [6.07, 6.45) is 4.81. The predicted octanol–water partition coefficient (Wildman–Crippen LogP) is 4.29. The summed E-state index contributed by atoms with van der Waals surface area (Å²) in [6, 6.07) is 15.6. The lowest BCUT2D eigenvalue weighted by molar-refractivity contribution is -0.120. The Hall–Kier alpha value is -3.08. The summed E-state index contributed by atoms with van der Waals surface area (Å²) in [7, 11) is 0. The second-order valence-electron chi connectivity index (χ2n) is 6.93. The highest BCUT2D eigenvalue weighted by Crippen LogP contribution is 2.18. The van der Waals surface area contributed by atoms with Crippen LogP contribution in [0.2, 0.25) is 0 Å². The molecule has 1 aromatic heterocycles. The molecular weight excluding hydrogens is 338 g/mol. The quantitative estimate of drug-likeness (QED) is 0.463. The van der Waals surface area contributed by atoms with E-state index in [2.05, 4.69) is 29.4 Å². The second-order valence-corrected chi connectivity index (χ2v) is 6.93. The van der Waals surface area contributed by atoms with Crippen LogP contribution in [0.3, 0.4) is 0 Å². The molecule has 1 amide bonds. The smallest absolute Gasteiger partial charge is 0.244 e. The molecule has 0 spiro atoms. The monoisotopic (exact) mass is 363 g/mol. The van der Waals surface area contributed by atoms with Crippen molar-refractivity contribution < 1.29 is 9.53 Å². The molecule has 0 radical (unpaired) electrons. The van der Waals surface area contributed by atoms with E-state index < -0.39 is 0 Å². The van der Waals surface area contributed by atoms with Crippen molar-refractivity contribution in [2.24, 2.45) is 11.0 Å². The number of aromatic nitrogens is 1. The molecular formula is C22H25N3O2. The number of benzene rings is 2. The molecule has 0 aliphatic rings. The van der Waals surface area contributed by atoms with Crippen LogP contribution in [0.5, 0.6) is 5.75 Å². The number of fused-ring (bicyclic) bond motifs is 1. The number of rotatable bonds is 8. The van der Waals surface area contributed by atoms with Gasteiger partial charge < -0.3 is 9.72 Å². The molecule has 0 aliphatic heterocycles. The zero-order valence-corrected chi connectivity index (χ0v) is 15.7. The van der Waals surface area contributed by atoms with Crippen molar-refractivity contribution in [3.63, 3.8) is 0 Å². The Balaban J connectivity index is 1.49. The summed E-state index contributed by atoms with van der Waals surface area (Å²) in [5, 5.41) is 5.10. The minimum atomic E-state index is -0.148. The van der Waals surface area contributed by atoms with E-state index in [1.54, 1.807) is 6.21 Å². The van der Waals surface area contributed by atoms with Crippen LogP contribution in [0, 0.1) is 5.92 Å². The van der Waals surface area contributed by atoms with Gasteiger partial charge in [-0.2, -0.15) is 5.10 Å². The second kappa shape index (κ2) is 9.03. The molecule has 5 nitrogen and oxygen atoms in total. The maximum absolute atomic E-state index is 12.1. The number of hydrogen-bond acceptors (Lipinski definition) is 3. The van der Waals surface area contributed by atoms with Crippen molar-refractivity contribution in [3.05, 3.63) is 65.9 Å². The van der Waals surface area contributed by atoms with Crippen LogP contribution in [0.1, 0.15) is 31.4 Å². The van der Waals surface area contributed by atoms with Gasteiger partial charge in [-0.25, -0.2) is 5.43 Å². The molecule has 0 aliphatic carbocycles. The first-order valence-corrected chi connectivity index (χ1v) is 9.21. The molecule has 3 aromatic rings. The van der Waals surface area contributed by atoms with Gasteiger partial charge in [0.1, 0.15) is 5.75 Å². The van der Waals surface area contributed by atoms with E-state index in [9.17, 15) is 4.79 Å². The Morgan fingerprint density at radius 2 is 1.96 bits per heavy atom. The first-order chi connectivity index (χ1) is 13.1. The fourth-order valence-corrected chi connectivity index (χ4v) is 2.73. The number of carbonyl (C=O) groups excluding carboxylic acids is 1. The van der Waals surface area contributed by atoms with E-state index in [4.69, 9.17) is 4.74 Å². The lowest BCUT2D eigenvalue weighted by Gasteiger charge is -2.07. The Labute approximate surface area is 159 Å². The highest BCUT2D eigenvalue weighted by molar-refractivity contribution is 5.89. The van der Waals surface area contributed by atoms with Gasteiger partial charge in [-0.1, -0.05) is 32.0 Å². The molecule has 27 heavy (non-hydrogen) atoms.